The molecule has 0 fully saturated rings. The van der Waals surface area contributed by atoms with Crippen LogP contribution in [0.4, 0.5) is 0 Å². The van der Waals surface area contributed by atoms with Crippen LogP contribution in [0.2, 0.25) is 0 Å². The summed E-state index contributed by atoms with van der Waals surface area (Å²) < 4.78 is 5.52. The predicted octanol–water partition coefficient (Wildman–Crippen LogP) is 16.4. The van der Waals surface area contributed by atoms with Crippen molar-refractivity contribution in [1.82, 2.24) is 9.13 Å². The fourth-order valence-electron chi connectivity index (χ4n) is 14.1. The monoisotopic (exact) mass is 961 g/mol. The first kappa shape index (κ1) is 45.8. The van der Waals surface area contributed by atoms with Gasteiger partial charge in [-0.05, 0) is 140 Å². The maximum Gasteiger partial charge on any atom is 0.252 e. The molecule has 10 aromatic rings. The first-order valence-electron chi connectivity index (χ1n) is 27.4. The Morgan fingerprint density at radius 2 is 0.811 bits per heavy atom. The van der Waals surface area contributed by atoms with Gasteiger partial charge in [-0.1, -0.05) is 225 Å². The first-order chi connectivity index (χ1) is 34.9. The van der Waals surface area contributed by atoms with E-state index in [4.69, 9.17) is 0 Å². The molecule has 0 unspecified atom stereocenters. The van der Waals surface area contributed by atoms with E-state index in [0.717, 1.165) is 0 Å². The minimum absolute atomic E-state index is 0.0198. The van der Waals surface area contributed by atoms with Crippen molar-refractivity contribution < 1.29 is 0 Å². The summed E-state index contributed by atoms with van der Waals surface area (Å²) in [6.45, 7) is 35.6. The first-order valence-corrected chi connectivity index (χ1v) is 27.4. The van der Waals surface area contributed by atoms with E-state index in [0.29, 0.717) is 0 Å². The molecule has 14 rings (SSSR count). The smallest absolute Gasteiger partial charge is 0.252 e. The van der Waals surface area contributed by atoms with E-state index in [9.17, 15) is 0 Å². The van der Waals surface area contributed by atoms with E-state index >= 15 is 0 Å². The predicted molar refractivity (Wildman–Crippen MR) is 318 cm³/mol. The van der Waals surface area contributed by atoms with Gasteiger partial charge in [-0.2, -0.15) is 0 Å². The van der Waals surface area contributed by atoms with Gasteiger partial charge in [0.2, 0.25) is 0 Å². The second-order valence-electron chi connectivity index (χ2n) is 27.8. The summed E-state index contributed by atoms with van der Waals surface area (Å²) in [6.07, 6.45) is 0. The number of rotatable bonds is 2. The van der Waals surface area contributed by atoms with Gasteiger partial charge in [0.05, 0.1) is 16.6 Å². The van der Waals surface area contributed by atoms with Crippen LogP contribution in [0.5, 0.6) is 0 Å². The molecule has 0 N–H and O–H groups in total. The number of hydrogen-bond acceptors (Lipinski definition) is 0. The highest BCUT2D eigenvalue weighted by molar-refractivity contribution is 7.00. The third-order valence-corrected chi connectivity index (χ3v) is 18.1. The van der Waals surface area contributed by atoms with Crippen LogP contribution in [-0.4, -0.2) is 15.8 Å². The Labute approximate surface area is 439 Å². The summed E-state index contributed by atoms with van der Waals surface area (Å²) in [5, 5.41) is 4.07. The molecular weight excluding hydrogens is 892 g/mol. The van der Waals surface area contributed by atoms with Crippen LogP contribution in [0, 0.1) is 0 Å². The van der Waals surface area contributed by atoms with E-state index in [2.05, 4.69) is 259 Å². The molecule has 4 aliphatic rings. The van der Waals surface area contributed by atoms with E-state index in [-0.39, 0.29) is 33.8 Å². The third-order valence-electron chi connectivity index (χ3n) is 18.1. The van der Waals surface area contributed by atoms with E-state index in [1.807, 2.05) is 0 Å². The molecule has 3 aliphatic heterocycles. The van der Waals surface area contributed by atoms with Gasteiger partial charge in [-0.15, -0.1) is 0 Å². The van der Waals surface area contributed by atoms with Gasteiger partial charge in [0.1, 0.15) is 0 Å². The van der Waals surface area contributed by atoms with Gasteiger partial charge in [0.15, 0.2) is 0 Å². The molecular formula is C71H69BN2. The van der Waals surface area contributed by atoms with Crippen molar-refractivity contribution in [1.29, 1.82) is 0 Å². The molecule has 0 saturated carbocycles. The van der Waals surface area contributed by atoms with Crippen LogP contribution >= 0.6 is 0 Å². The zero-order chi connectivity index (χ0) is 51.7. The van der Waals surface area contributed by atoms with Crippen molar-refractivity contribution in [3.8, 4) is 44.9 Å². The summed E-state index contributed by atoms with van der Waals surface area (Å²) in [5.74, 6) is 0. The number of fused-ring (bicyclic) bond motifs is 11. The molecule has 8 aromatic carbocycles. The molecule has 0 amide bonds. The van der Waals surface area contributed by atoms with Crippen LogP contribution in [-0.2, 0) is 32.5 Å². The van der Waals surface area contributed by atoms with Crippen LogP contribution in [0.15, 0.2) is 146 Å². The van der Waals surface area contributed by atoms with Crippen LogP contribution in [0.25, 0.3) is 77.6 Å². The lowest BCUT2D eigenvalue weighted by molar-refractivity contribution is 0.588. The van der Waals surface area contributed by atoms with Gasteiger partial charge in [0.25, 0.3) is 6.71 Å². The minimum Gasteiger partial charge on any atom is -0.310 e. The van der Waals surface area contributed by atoms with Crippen molar-refractivity contribution in [2.75, 3.05) is 0 Å². The second-order valence-corrected chi connectivity index (χ2v) is 27.8. The minimum atomic E-state index is -0.554. The van der Waals surface area contributed by atoms with E-state index in [1.165, 1.54) is 144 Å². The molecule has 1 aliphatic carbocycles. The highest BCUT2D eigenvalue weighted by atomic mass is 15.1. The Morgan fingerprint density at radius 3 is 1.32 bits per heavy atom. The normalized spacial score (nSPS) is 15.0. The fraction of sp³-hybridized carbons (Fsp3) is 0.296. The van der Waals surface area contributed by atoms with E-state index < -0.39 is 5.41 Å². The molecule has 366 valence electrons. The van der Waals surface area contributed by atoms with Crippen molar-refractivity contribution >= 4 is 55.8 Å². The van der Waals surface area contributed by atoms with E-state index in [1.54, 1.807) is 0 Å². The Bertz CT molecular complexity index is 4070. The lowest BCUT2D eigenvalue weighted by atomic mass is 9.33. The summed E-state index contributed by atoms with van der Waals surface area (Å²) in [5.41, 5.74) is 30.3. The molecule has 0 saturated heterocycles. The Hall–Kier alpha value is -6.84. The lowest BCUT2D eigenvalue weighted by Gasteiger charge is -2.44. The molecule has 0 bridgehead atoms. The summed E-state index contributed by atoms with van der Waals surface area (Å²) in [6, 6.07) is 58.7. The maximum absolute atomic E-state index is 2.79. The quantitative estimate of drug-likeness (QED) is 0.153. The highest BCUT2D eigenvalue weighted by Gasteiger charge is 2.55. The summed E-state index contributed by atoms with van der Waals surface area (Å²) >= 11 is 0. The van der Waals surface area contributed by atoms with Crippen LogP contribution in [0.1, 0.15) is 154 Å². The maximum atomic E-state index is 2.79. The summed E-state index contributed by atoms with van der Waals surface area (Å²) in [4.78, 5) is 0. The molecule has 3 heteroatoms. The lowest BCUT2D eigenvalue weighted by Crippen LogP contribution is -2.61. The average Bonchev–Trinajstić information content (AvgIpc) is 4.09. The standard InChI is InChI=1S/C71H69BN2/c1-66(2,3)42-28-24-40(25-29-42)59-51-36-46(70(13,14)15)39-57-64(51)73(61(59)41-26-30-43(31-27-41)67(4,5)6)58-33-32-54-65-60(58)72(57)56-38-45(69(10,11)12)35-50-49-34-44(68(7,8)9)37-55(62(49)74(65)63(50)56)71(54)52-22-18-16-20-47(52)48-21-17-19-23-53(48)71/h16-39H,1-15H3. The van der Waals surface area contributed by atoms with Crippen molar-refractivity contribution in [2.24, 2.45) is 0 Å². The average molecular weight is 961 g/mol. The number of aromatic nitrogens is 2. The Kier molecular flexibility index (Phi) is 8.84. The molecule has 1 spiro atoms. The fourth-order valence-corrected chi connectivity index (χ4v) is 14.1. The number of benzene rings is 8. The highest BCUT2D eigenvalue weighted by Crippen LogP contribution is 2.62. The SMILES string of the molecule is CC(C)(C)c1ccc(-c2c(-c3ccc(C(C)(C)C)cc3)n3c4c(cc(C(C)(C)C)cc24)B2c4c-3ccc3c4-n4c5c2cc(C(C)(C)C)cc5c2cc(C(C)(C)C)cc(c24)C32c3ccccc3-c3ccccc32)cc1. The van der Waals surface area contributed by atoms with Gasteiger partial charge in [-0.3, -0.25) is 0 Å². The van der Waals surface area contributed by atoms with Crippen molar-refractivity contribution in [3.05, 3.63) is 196 Å². The third kappa shape index (κ3) is 5.85. The zero-order valence-corrected chi connectivity index (χ0v) is 46.3. The van der Waals surface area contributed by atoms with Crippen LogP contribution in [0.3, 0.4) is 0 Å². The Balaban J connectivity index is 1.23. The largest absolute Gasteiger partial charge is 0.310 e. The van der Waals surface area contributed by atoms with Gasteiger partial charge in [-0.25, -0.2) is 0 Å². The number of hydrogen-bond donors (Lipinski definition) is 0. The van der Waals surface area contributed by atoms with Crippen molar-refractivity contribution in [3.63, 3.8) is 0 Å². The molecule has 5 heterocycles. The molecule has 2 aromatic heterocycles. The topological polar surface area (TPSA) is 9.86 Å². The van der Waals surface area contributed by atoms with Gasteiger partial charge in [0, 0.05) is 44.1 Å². The number of nitrogens with zero attached hydrogens (tertiary/aromatic N) is 2. The van der Waals surface area contributed by atoms with Crippen LogP contribution < -0.4 is 16.4 Å². The Morgan fingerprint density at radius 1 is 0.365 bits per heavy atom. The van der Waals surface area contributed by atoms with Gasteiger partial charge >= 0.3 is 0 Å². The second kappa shape index (κ2) is 14.3. The molecule has 2 nitrogen and oxygen atoms in total. The molecule has 0 radical (unpaired) electrons. The molecule has 74 heavy (non-hydrogen) atoms. The molecule has 0 atom stereocenters. The zero-order valence-electron chi connectivity index (χ0n) is 46.3. The van der Waals surface area contributed by atoms with Crippen molar-refractivity contribution in [2.45, 2.75) is 136 Å². The van der Waals surface area contributed by atoms with Gasteiger partial charge < -0.3 is 9.13 Å². The summed E-state index contributed by atoms with van der Waals surface area (Å²) in [7, 11) is 0.